The maximum absolute atomic E-state index is 13.7. The molecule has 38 heavy (non-hydrogen) atoms. The van der Waals surface area contributed by atoms with Crippen molar-refractivity contribution in [3.8, 4) is 28.5 Å². The van der Waals surface area contributed by atoms with Crippen molar-refractivity contribution in [2.75, 3.05) is 27.4 Å². The van der Waals surface area contributed by atoms with Gasteiger partial charge in [0.05, 0.1) is 32.6 Å². The van der Waals surface area contributed by atoms with E-state index in [1.165, 1.54) is 0 Å². The normalized spacial score (nSPS) is 14.5. The molecule has 0 saturated heterocycles. The Bertz CT molecular complexity index is 1420. The maximum atomic E-state index is 13.7. The molecule has 0 bridgehead atoms. The number of fused-ring (bicyclic) bond motifs is 1. The lowest BCUT2D eigenvalue weighted by molar-refractivity contribution is 0.0745. The molecule has 0 spiro atoms. The van der Waals surface area contributed by atoms with E-state index in [1.54, 1.807) is 14.2 Å². The monoisotopic (exact) mass is 531 g/mol. The maximum Gasteiger partial charge on any atom is 0.273 e. The van der Waals surface area contributed by atoms with Crippen molar-refractivity contribution in [3.05, 3.63) is 94.1 Å². The van der Waals surface area contributed by atoms with Gasteiger partial charge in [0.2, 0.25) is 0 Å². The lowest BCUT2D eigenvalue weighted by Crippen LogP contribution is -2.31. The van der Waals surface area contributed by atoms with Crippen molar-refractivity contribution < 1.29 is 19.0 Å². The summed E-state index contributed by atoms with van der Waals surface area (Å²) < 4.78 is 16.8. The lowest BCUT2D eigenvalue weighted by Gasteiger charge is -2.27. The van der Waals surface area contributed by atoms with E-state index in [4.69, 9.17) is 25.8 Å². The van der Waals surface area contributed by atoms with E-state index in [2.05, 4.69) is 17.1 Å². The van der Waals surface area contributed by atoms with Gasteiger partial charge in [0.15, 0.2) is 11.5 Å². The Kier molecular flexibility index (Phi) is 7.56. The third-order valence-electron chi connectivity index (χ3n) is 6.75. The van der Waals surface area contributed by atoms with Crippen molar-refractivity contribution in [3.63, 3.8) is 0 Å². The summed E-state index contributed by atoms with van der Waals surface area (Å²) in [5.41, 5.74) is 4.99. The molecule has 1 N–H and O–H groups in total. The summed E-state index contributed by atoms with van der Waals surface area (Å²) in [7, 11) is 3.27. The van der Waals surface area contributed by atoms with Crippen LogP contribution in [0.1, 0.15) is 46.6 Å². The minimum atomic E-state index is -0.352. The van der Waals surface area contributed by atoms with Crippen LogP contribution in [0.25, 0.3) is 11.3 Å². The predicted octanol–water partition coefficient (Wildman–Crippen LogP) is 6.32. The standard InChI is InChI=1S/C30H30ClN3O4/c1-4-17-38-24-14-9-21(18-25(24)37-3)29-26-27(20-7-10-22(31)11-8-20)32-33-28(26)30(35)34(29)16-15-19-5-12-23(36-2)13-6-19/h5-14,18,29H,4,15-17H2,1-3H3,(H,32,33). The molecule has 7 nitrogen and oxygen atoms in total. The number of rotatable bonds is 10. The van der Waals surface area contributed by atoms with Crippen molar-refractivity contribution in [2.24, 2.45) is 0 Å². The van der Waals surface area contributed by atoms with E-state index in [1.807, 2.05) is 71.6 Å². The van der Waals surface area contributed by atoms with Crippen molar-refractivity contribution in [2.45, 2.75) is 25.8 Å². The van der Waals surface area contributed by atoms with Crippen LogP contribution in [0.4, 0.5) is 0 Å². The summed E-state index contributed by atoms with van der Waals surface area (Å²) in [5.74, 6) is 2.02. The molecule has 0 radical (unpaired) electrons. The highest BCUT2D eigenvalue weighted by atomic mass is 35.5. The van der Waals surface area contributed by atoms with Crippen molar-refractivity contribution in [1.29, 1.82) is 0 Å². The van der Waals surface area contributed by atoms with E-state index in [0.29, 0.717) is 41.8 Å². The average molecular weight is 532 g/mol. The molecule has 1 aliphatic heterocycles. The number of benzene rings is 3. The zero-order valence-electron chi connectivity index (χ0n) is 21.7. The number of methoxy groups -OCH3 is 2. The Morgan fingerprint density at radius 2 is 1.74 bits per heavy atom. The quantitative estimate of drug-likeness (QED) is 0.259. The Hall–Kier alpha value is -3.97. The molecule has 1 aliphatic rings. The predicted molar refractivity (Wildman–Crippen MR) is 147 cm³/mol. The van der Waals surface area contributed by atoms with E-state index in [-0.39, 0.29) is 11.9 Å². The second-order valence-electron chi connectivity index (χ2n) is 9.13. The minimum Gasteiger partial charge on any atom is -0.497 e. The zero-order chi connectivity index (χ0) is 26.6. The molecule has 0 saturated carbocycles. The van der Waals surface area contributed by atoms with E-state index >= 15 is 0 Å². The molecule has 3 aromatic carbocycles. The van der Waals surface area contributed by atoms with Crippen LogP contribution in [0, 0.1) is 0 Å². The molecule has 2 heterocycles. The number of nitrogens with zero attached hydrogens (tertiary/aromatic N) is 2. The van der Waals surface area contributed by atoms with Gasteiger partial charge >= 0.3 is 0 Å². The SMILES string of the molecule is CCCOc1ccc(C2c3c(-c4ccc(Cl)cc4)n[nH]c3C(=O)N2CCc2ccc(OC)cc2)cc1OC. The van der Waals surface area contributed by atoms with Crippen LogP contribution in [-0.2, 0) is 6.42 Å². The van der Waals surface area contributed by atoms with Crippen LogP contribution in [0.5, 0.6) is 17.2 Å². The van der Waals surface area contributed by atoms with Crippen molar-refractivity contribution in [1.82, 2.24) is 15.1 Å². The number of nitrogens with one attached hydrogen (secondary N) is 1. The topological polar surface area (TPSA) is 76.7 Å². The number of carbonyl (C=O) groups excluding carboxylic acids is 1. The van der Waals surface area contributed by atoms with Gasteiger partial charge in [-0.3, -0.25) is 9.89 Å². The van der Waals surface area contributed by atoms with Crippen LogP contribution in [-0.4, -0.2) is 48.4 Å². The molecular formula is C30H30ClN3O4. The fourth-order valence-corrected chi connectivity index (χ4v) is 4.95. The zero-order valence-corrected chi connectivity index (χ0v) is 22.4. The van der Waals surface area contributed by atoms with Gasteiger partial charge in [-0.1, -0.05) is 48.9 Å². The third-order valence-corrected chi connectivity index (χ3v) is 7.00. The number of aromatic nitrogens is 2. The fraction of sp³-hybridized carbons (Fsp3) is 0.267. The first kappa shape index (κ1) is 25.7. The van der Waals surface area contributed by atoms with Crippen LogP contribution >= 0.6 is 11.6 Å². The summed E-state index contributed by atoms with van der Waals surface area (Å²) in [6.07, 6.45) is 1.58. The molecule has 1 aromatic heterocycles. The van der Waals surface area contributed by atoms with Crippen LogP contribution < -0.4 is 14.2 Å². The fourth-order valence-electron chi connectivity index (χ4n) is 4.83. The third kappa shape index (κ3) is 4.94. The van der Waals surface area contributed by atoms with Gasteiger partial charge in [-0.15, -0.1) is 0 Å². The molecule has 8 heteroatoms. The number of H-pyrrole nitrogens is 1. The molecular weight excluding hydrogens is 502 g/mol. The number of hydrogen-bond acceptors (Lipinski definition) is 5. The van der Waals surface area contributed by atoms with Crippen LogP contribution in [0.3, 0.4) is 0 Å². The molecule has 0 fully saturated rings. The summed E-state index contributed by atoms with van der Waals surface area (Å²) in [6.45, 7) is 3.18. The molecule has 4 aromatic rings. The molecule has 0 aliphatic carbocycles. The number of amides is 1. The summed E-state index contributed by atoms with van der Waals surface area (Å²) in [6, 6.07) is 20.9. The number of ether oxygens (including phenoxy) is 3. The first-order valence-corrected chi connectivity index (χ1v) is 13.0. The Morgan fingerprint density at radius 3 is 2.42 bits per heavy atom. The second kappa shape index (κ2) is 11.2. The number of carbonyl (C=O) groups is 1. The largest absolute Gasteiger partial charge is 0.497 e. The Labute approximate surface area is 227 Å². The number of aromatic amines is 1. The smallest absolute Gasteiger partial charge is 0.273 e. The molecule has 196 valence electrons. The van der Waals surface area contributed by atoms with E-state index in [0.717, 1.165) is 40.1 Å². The van der Waals surface area contributed by atoms with Gasteiger partial charge in [0.25, 0.3) is 5.91 Å². The average Bonchev–Trinajstić information content (AvgIpc) is 3.50. The van der Waals surface area contributed by atoms with Gasteiger partial charge in [0.1, 0.15) is 11.4 Å². The highest BCUT2D eigenvalue weighted by molar-refractivity contribution is 6.30. The highest BCUT2D eigenvalue weighted by Crippen LogP contribution is 2.44. The first-order chi connectivity index (χ1) is 18.5. The molecule has 1 atom stereocenters. The molecule has 1 amide bonds. The first-order valence-electron chi connectivity index (χ1n) is 12.6. The molecule has 5 rings (SSSR count). The van der Waals surface area contributed by atoms with Gasteiger partial charge in [-0.2, -0.15) is 5.10 Å². The van der Waals surface area contributed by atoms with E-state index in [9.17, 15) is 4.79 Å². The minimum absolute atomic E-state index is 0.0866. The number of hydrogen-bond donors (Lipinski definition) is 1. The summed E-state index contributed by atoms with van der Waals surface area (Å²) in [5, 5.41) is 8.21. The van der Waals surface area contributed by atoms with Crippen LogP contribution in [0.2, 0.25) is 5.02 Å². The van der Waals surface area contributed by atoms with Gasteiger partial charge in [0, 0.05) is 22.7 Å². The van der Waals surface area contributed by atoms with E-state index < -0.39 is 0 Å². The van der Waals surface area contributed by atoms with Gasteiger partial charge in [-0.25, -0.2) is 0 Å². The lowest BCUT2D eigenvalue weighted by atomic mass is 9.95. The Balaban J connectivity index is 1.55. The van der Waals surface area contributed by atoms with Gasteiger partial charge < -0.3 is 19.1 Å². The number of halogens is 1. The summed E-state index contributed by atoms with van der Waals surface area (Å²) >= 11 is 6.14. The second-order valence-corrected chi connectivity index (χ2v) is 9.56. The Morgan fingerprint density at radius 1 is 0.974 bits per heavy atom. The summed E-state index contributed by atoms with van der Waals surface area (Å²) in [4.78, 5) is 15.6. The molecule has 1 unspecified atom stereocenters. The van der Waals surface area contributed by atoms with Crippen molar-refractivity contribution >= 4 is 17.5 Å². The highest BCUT2D eigenvalue weighted by Gasteiger charge is 2.42. The van der Waals surface area contributed by atoms with Crippen LogP contribution in [0.15, 0.2) is 66.7 Å². The van der Waals surface area contributed by atoms with Gasteiger partial charge in [-0.05, 0) is 60.4 Å².